The van der Waals surface area contributed by atoms with E-state index in [-0.39, 0.29) is 0 Å². The summed E-state index contributed by atoms with van der Waals surface area (Å²) in [5, 5.41) is 3.36. The summed E-state index contributed by atoms with van der Waals surface area (Å²) in [5.74, 6) is 0.723. The van der Waals surface area contributed by atoms with E-state index in [0.717, 1.165) is 25.6 Å². The van der Waals surface area contributed by atoms with Crippen molar-refractivity contribution in [1.82, 2.24) is 5.32 Å². The molecule has 4 nitrogen and oxygen atoms in total. The summed E-state index contributed by atoms with van der Waals surface area (Å²) < 4.78 is 16.7. The maximum atomic E-state index is 5.66. The average Bonchev–Trinajstić information content (AvgIpc) is 2.55. The van der Waals surface area contributed by atoms with Gasteiger partial charge in [-0.05, 0) is 37.4 Å². The molecule has 21 heavy (non-hydrogen) atoms. The van der Waals surface area contributed by atoms with Gasteiger partial charge in [0.05, 0.1) is 33.0 Å². The fourth-order valence-electron chi connectivity index (χ4n) is 2.40. The highest BCUT2D eigenvalue weighted by atomic mass is 16.5. The first kappa shape index (κ1) is 16.4. The van der Waals surface area contributed by atoms with Crippen molar-refractivity contribution in [2.24, 2.45) is 5.92 Å². The van der Waals surface area contributed by atoms with Gasteiger partial charge in [-0.15, -0.1) is 0 Å². The topological polar surface area (TPSA) is 39.7 Å². The molecule has 1 aliphatic heterocycles. The molecule has 0 aromatic heterocycles. The molecule has 0 unspecified atom stereocenters. The molecule has 0 bridgehead atoms. The monoisotopic (exact) mass is 293 g/mol. The summed E-state index contributed by atoms with van der Waals surface area (Å²) in [7, 11) is 0. The lowest BCUT2D eigenvalue weighted by molar-refractivity contribution is 0.00199. The maximum Gasteiger partial charge on any atom is 0.0718 e. The number of ether oxygens (including phenoxy) is 3. The van der Waals surface area contributed by atoms with Crippen molar-refractivity contribution >= 4 is 0 Å². The molecule has 1 N–H and O–H groups in total. The predicted octanol–water partition coefficient (Wildman–Crippen LogP) is 2.24. The van der Waals surface area contributed by atoms with Crippen molar-refractivity contribution in [3.05, 3.63) is 35.9 Å². The molecule has 1 aliphatic rings. The molecule has 2 rings (SSSR count). The highest BCUT2D eigenvalue weighted by Gasteiger charge is 2.12. The minimum atomic E-state index is 0.628. The molecule has 1 aromatic rings. The van der Waals surface area contributed by atoms with Crippen LogP contribution in [0.5, 0.6) is 0 Å². The maximum absolute atomic E-state index is 5.66. The van der Waals surface area contributed by atoms with Gasteiger partial charge in [-0.1, -0.05) is 30.3 Å². The van der Waals surface area contributed by atoms with E-state index in [1.807, 2.05) is 18.2 Å². The van der Waals surface area contributed by atoms with Crippen molar-refractivity contribution in [3.8, 4) is 0 Å². The van der Waals surface area contributed by atoms with E-state index in [9.17, 15) is 0 Å². The van der Waals surface area contributed by atoms with Crippen LogP contribution in [0.1, 0.15) is 18.4 Å². The molecule has 1 saturated heterocycles. The molecule has 0 amide bonds. The third kappa shape index (κ3) is 7.58. The summed E-state index contributed by atoms with van der Waals surface area (Å²) in [5.41, 5.74) is 1.20. The van der Waals surface area contributed by atoms with E-state index in [4.69, 9.17) is 14.2 Å². The molecular formula is C17H27NO3. The highest BCUT2D eigenvalue weighted by Crippen LogP contribution is 2.11. The van der Waals surface area contributed by atoms with Crippen LogP contribution in [-0.2, 0) is 20.8 Å². The number of rotatable bonds is 10. The van der Waals surface area contributed by atoms with Crippen LogP contribution in [0.15, 0.2) is 30.3 Å². The van der Waals surface area contributed by atoms with Crippen LogP contribution in [0.25, 0.3) is 0 Å². The number of nitrogens with one attached hydrogen (secondary N) is 1. The number of hydrogen-bond acceptors (Lipinski definition) is 4. The molecule has 0 saturated carbocycles. The van der Waals surface area contributed by atoms with E-state index >= 15 is 0 Å². The van der Waals surface area contributed by atoms with Gasteiger partial charge < -0.3 is 19.5 Å². The number of hydrogen-bond donors (Lipinski definition) is 1. The molecule has 0 atom stereocenters. The smallest absolute Gasteiger partial charge is 0.0718 e. The van der Waals surface area contributed by atoms with E-state index in [1.165, 1.54) is 18.4 Å². The van der Waals surface area contributed by atoms with Crippen molar-refractivity contribution in [1.29, 1.82) is 0 Å². The SMILES string of the molecule is c1ccc(COCCOCCOCC2CCNCC2)cc1. The Morgan fingerprint density at radius 1 is 0.857 bits per heavy atom. The molecule has 118 valence electrons. The minimum Gasteiger partial charge on any atom is -0.379 e. The van der Waals surface area contributed by atoms with Gasteiger partial charge in [-0.2, -0.15) is 0 Å². The van der Waals surface area contributed by atoms with Crippen LogP contribution in [0.4, 0.5) is 0 Å². The van der Waals surface area contributed by atoms with Crippen LogP contribution in [0.2, 0.25) is 0 Å². The van der Waals surface area contributed by atoms with E-state index in [0.29, 0.717) is 33.0 Å². The van der Waals surface area contributed by atoms with Gasteiger partial charge in [-0.25, -0.2) is 0 Å². The van der Waals surface area contributed by atoms with Gasteiger partial charge in [0.2, 0.25) is 0 Å². The van der Waals surface area contributed by atoms with Crippen LogP contribution >= 0.6 is 0 Å². The summed E-state index contributed by atoms with van der Waals surface area (Å²) in [6.07, 6.45) is 2.46. The zero-order valence-corrected chi connectivity index (χ0v) is 12.8. The van der Waals surface area contributed by atoms with Gasteiger partial charge in [0.15, 0.2) is 0 Å². The molecule has 0 spiro atoms. The molecule has 0 aliphatic carbocycles. The lowest BCUT2D eigenvalue weighted by atomic mass is 9.99. The van der Waals surface area contributed by atoms with Crippen molar-refractivity contribution < 1.29 is 14.2 Å². The van der Waals surface area contributed by atoms with Gasteiger partial charge in [0, 0.05) is 6.61 Å². The highest BCUT2D eigenvalue weighted by molar-refractivity contribution is 5.13. The Hall–Kier alpha value is -0.940. The van der Waals surface area contributed by atoms with Crippen LogP contribution < -0.4 is 5.32 Å². The molecule has 4 heteroatoms. The fourth-order valence-corrected chi connectivity index (χ4v) is 2.40. The van der Waals surface area contributed by atoms with Crippen LogP contribution in [0.3, 0.4) is 0 Å². The van der Waals surface area contributed by atoms with Crippen molar-refractivity contribution in [3.63, 3.8) is 0 Å². The lowest BCUT2D eigenvalue weighted by Gasteiger charge is -2.22. The second-order valence-electron chi connectivity index (χ2n) is 5.42. The standard InChI is InChI=1S/C17H27NO3/c1-2-4-16(5-3-1)14-20-12-10-19-11-13-21-15-17-6-8-18-9-7-17/h1-5,17-18H,6-15H2. The van der Waals surface area contributed by atoms with E-state index in [2.05, 4.69) is 17.4 Å². The zero-order chi connectivity index (χ0) is 14.6. The normalized spacial score (nSPS) is 16.2. The van der Waals surface area contributed by atoms with E-state index < -0.39 is 0 Å². The summed E-state index contributed by atoms with van der Waals surface area (Å²) in [4.78, 5) is 0. The number of benzene rings is 1. The average molecular weight is 293 g/mol. The quantitative estimate of drug-likeness (QED) is 0.672. The summed E-state index contributed by atoms with van der Waals surface area (Å²) >= 11 is 0. The Balaban J connectivity index is 1.35. The Labute approximate surface area is 127 Å². The Morgan fingerprint density at radius 3 is 2.29 bits per heavy atom. The number of piperidine rings is 1. The molecular weight excluding hydrogens is 266 g/mol. The Bertz CT molecular complexity index is 352. The van der Waals surface area contributed by atoms with Gasteiger partial charge in [0.1, 0.15) is 0 Å². The Morgan fingerprint density at radius 2 is 1.52 bits per heavy atom. The van der Waals surface area contributed by atoms with Gasteiger partial charge in [-0.3, -0.25) is 0 Å². The fraction of sp³-hybridized carbons (Fsp3) is 0.647. The second-order valence-corrected chi connectivity index (χ2v) is 5.42. The molecule has 1 aromatic carbocycles. The van der Waals surface area contributed by atoms with Gasteiger partial charge >= 0.3 is 0 Å². The molecule has 1 heterocycles. The lowest BCUT2D eigenvalue weighted by Crippen LogP contribution is -2.30. The molecule has 0 radical (unpaired) electrons. The first-order chi connectivity index (χ1) is 10.4. The largest absolute Gasteiger partial charge is 0.379 e. The van der Waals surface area contributed by atoms with Crippen molar-refractivity contribution in [2.75, 3.05) is 46.1 Å². The van der Waals surface area contributed by atoms with Crippen LogP contribution in [-0.4, -0.2) is 46.1 Å². The summed E-state index contributed by atoms with van der Waals surface area (Å²) in [6.45, 7) is 6.37. The zero-order valence-electron chi connectivity index (χ0n) is 12.8. The third-order valence-corrected chi connectivity index (χ3v) is 3.67. The van der Waals surface area contributed by atoms with Crippen molar-refractivity contribution in [2.45, 2.75) is 19.4 Å². The molecule has 1 fully saturated rings. The van der Waals surface area contributed by atoms with Gasteiger partial charge in [0.25, 0.3) is 0 Å². The van der Waals surface area contributed by atoms with E-state index in [1.54, 1.807) is 0 Å². The first-order valence-corrected chi connectivity index (χ1v) is 7.93. The second kappa shape index (κ2) is 10.7. The third-order valence-electron chi connectivity index (χ3n) is 3.67. The Kier molecular flexibility index (Phi) is 8.40. The first-order valence-electron chi connectivity index (χ1n) is 7.93. The predicted molar refractivity (Wildman–Crippen MR) is 83.3 cm³/mol. The van der Waals surface area contributed by atoms with Crippen LogP contribution in [0, 0.1) is 5.92 Å². The minimum absolute atomic E-state index is 0.628. The summed E-state index contributed by atoms with van der Waals surface area (Å²) in [6, 6.07) is 10.2.